The standard InChI is InChI=1S/C61H113NO5/c1-3-5-7-9-11-13-15-17-19-21-23-25-29-33-37-41-45-49-53-59(64)58(57-63)62-60(65)54-50-46-42-38-34-30-26-24-28-32-36-40-44-48-52-56-67-61(66)55-51-47-43-39-35-31-27-22-20-18-16-14-12-10-8-6-4-2/h18,20,24,28,32,36,49,53,58-59,63-64H,3-17,19,21-23,25-27,29-31,33-35,37-48,50-52,54-57H2,1-2H3,(H,62,65)/b20-18-,28-24-,36-32-,53-49+. The maximum absolute atomic E-state index is 12.5. The van der Waals surface area contributed by atoms with Crippen LogP contribution in [0.2, 0.25) is 0 Å². The molecule has 392 valence electrons. The molecule has 2 atom stereocenters. The average molecular weight is 941 g/mol. The van der Waals surface area contributed by atoms with Crippen molar-refractivity contribution in [3.8, 4) is 0 Å². The molecule has 6 nitrogen and oxygen atoms in total. The molecule has 0 radical (unpaired) electrons. The van der Waals surface area contributed by atoms with Crippen molar-refractivity contribution in [2.45, 2.75) is 315 Å². The molecule has 3 N–H and O–H groups in total. The first-order valence-corrected chi connectivity index (χ1v) is 29.4. The molecule has 0 aliphatic heterocycles. The summed E-state index contributed by atoms with van der Waals surface area (Å²) in [5, 5.41) is 23.1. The van der Waals surface area contributed by atoms with Crippen molar-refractivity contribution < 1.29 is 24.5 Å². The quantitative estimate of drug-likeness (QED) is 0.0244. The van der Waals surface area contributed by atoms with Crippen LogP contribution in [0.25, 0.3) is 0 Å². The van der Waals surface area contributed by atoms with Crippen molar-refractivity contribution >= 4 is 11.9 Å². The zero-order valence-corrected chi connectivity index (χ0v) is 44.6. The van der Waals surface area contributed by atoms with Gasteiger partial charge in [0.15, 0.2) is 0 Å². The van der Waals surface area contributed by atoms with Crippen molar-refractivity contribution in [2.24, 2.45) is 0 Å². The second-order valence-electron chi connectivity index (χ2n) is 20.0. The Morgan fingerprint density at radius 1 is 0.418 bits per heavy atom. The van der Waals surface area contributed by atoms with Crippen LogP contribution in [0.1, 0.15) is 303 Å². The van der Waals surface area contributed by atoms with Crippen molar-refractivity contribution in [3.05, 3.63) is 48.6 Å². The smallest absolute Gasteiger partial charge is 0.305 e. The number of esters is 1. The molecular weight excluding hydrogens is 827 g/mol. The minimum Gasteiger partial charge on any atom is -0.466 e. The Kier molecular flexibility index (Phi) is 54.6. The highest BCUT2D eigenvalue weighted by atomic mass is 16.5. The lowest BCUT2D eigenvalue weighted by atomic mass is 10.0. The molecule has 0 fully saturated rings. The third-order valence-electron chi connectivity index (χ3n) is 13.3. The van der Waals surface area contributed by atoms with E-state index in [1.807, 2.05) is 6.08 Å². The predicted molar refractivity (Wildman–Crippen MR) is 292 cm³/mol. The molecule has 0 spiro atoms. The van der Waals surface area contributed by atoms with E-state index in [1.165, 1.54) is 199 Å². The Balaban J connectivity index is 3.55. The second-order valence-corrected chi connectivity index (χ2v) is 20.0. The summed E-state index contributed by atoms with van der Waals surface area (Å²) in [4.78, 5) is 24.5. The molecule has 2 unspecified atom stereocenters. The molecule has 67 heavy (non-hydrogen) atoms. The molecule has 0 bridgehead atoms. The van der Waals surface area contributed by atoms with Gasteiger partial charge >= 0.3 is 5.97 Å². The number of unbranched alkanes of at least 4 members (excludes halogenated alkanes) is 38. The van der Waals surface area contributed by atoms with E-state index in [0.29, 0.717) is 19.4 Å². The monoisotopic (exact) mass is 940 g/mol. The van der Waals surface area contributed by atoms with Crippen LogP contribution in [0.5, 0.6) is 0 Å². The second kappa shape index (κ2) is 56.4. The number of carbonyl (C=O) groups is 2. The van der Waals surface area contributed by atoms with Gasteiger partial charge in [0, 0.05) is 12.8 Å². The molecule has 0 heterocycles. The van der Waals surface area contributed by atoms with Crippen molar-refractivity contribution in [3.63, 3.8) is 0 Å². The van der Waals surface area contributed by atoms with Crippen LogP contribution in [0.3, 0.4) is 0 Å². The van der Waals surface area contributed by atoms with Crippen LogP contribution in [-0.4, -0.2) is 47.4 Å². The summed E-state index contributed by atoms with van der Waals surface area (Å²) in [6.45, 7) is 4.85. The van der Waals surface area contributed by atoms with Crippen LogP contribution in [0.15, 0.2) is 48.6 Å². The summed E-state index contributed by atoms with van der Waals surface area (Å²) in [5.41, 5.74) is 0. The largest absolute Gasteiger partial charge is 0.466 e. The first-order valence-electron chi connectivity index (χ1n) is 29.4. The molecule has 0 aromatic rings. The highest BCUT2D eigenvalue weighted by Crippen LogP contribution is 2.16. The van der Waals surface area contributed by atoms with E-state index in [-0.39, 0.29) is 18.5 Å². The summed E-state index contributed by atoms with van der Waals surface area (Å²) in [6.07, 6.45) is 71.3. The molecule has 0 aliphatic carbocycles. The van der Waals surface area contributed by atoms with E-state index in [0.717, 1.165) is 77.0 Å². The van der Waals surface area contributed by atoms with Gasteiger partial charge in [0.25, 0.3) is 0 Å². The van der Waals surface area contributed by atoms with Gasteiger partial charge in [-0.05, 0) is 89.9 Å². The number of hydrogen-bond donors (Lipinski definition) is 3. The van der Waals surface area contributed by atoms with Crippen LogP contribution < -0.4 is 5.32 Å². The Hall–Kier alpha value is -2.18. The molecule has 6 heteroatoms. The van der Waals surface area contributed by atoms with Crippen LogP contribution in [-0.2, 0) is 14.3 Å². The maximum atomic E-state index is 12.5. The number of nitrogens with one attached hydrogen (secondary N) is 1. The highest BCUT2D eigenvalue weighted by Gasteiger charge is 2.18. The molecule has 0 aliphatic rings. The molecule has 0 aromatic carbocycles. The van der Waals surface area contributed by atoms with Gasteiger partial charge in [0.2, 0.25) is 5.91 Å². The summed E-state index contributed by atoms with van der Waals surface area (Å²) >= 11 is 0. The van der Waals surface area contributed by atoms with E-state index in [2.05, 4.69) is 55.6 Å². The van der Waals surface area contributed by atoms with Crippen molar-refractivity contribution in [1.29, 1.82) is 0 Å². The summed E-state index contributed by atoms with van der Waals surface area (Å²) in [6, 6.07) is -0.646. The number of amides is 1. The SMILES string of the molecule is CCCCCCCC/C=C\CCCCCCCCCC(=O)OCCCCC/C=C\C=C/CCCCCCCCC(=O)NC(CO)C(O)/C=C/CCCCCCCCCCCCCCCCCC. The number of allylic oxidation sites excluding steroid dienone is 7. The van der Waals surface area contributed by atoms with Gasteiger partial charge in [0.1, 0.15) is 0 Å². The van der Waals surface area contributed by atoms with Gasteiger partial charge in [-0.2, -0.15) is 0 Å². The predicted octanol–water partition coefficient (Wildman–Crippen LogP) is 18.2. The van der Waals surface area contributed by atoms with E-state index in [9.17, 15) is 19.8 Å². The third kappa shape index (κ3) is 53.0. The van der Waals surface area contributed by atoms with E-state index < -0.39 is 12.1 Å². The first kappa shape index (κ1) is 64.8. The summed E-state index contributed by atoms with van der Waals surface area (Å²) in [5.74, 6) is -0.116. The molecule has 0 saturated carbocycles. The lowest BCUT2D eigenvalue weighted by Gasteiger charge is -2.20. The van der Waals surface area contributed by atoms with Gasteiger partial charge in [-0.15, -0.1) is 0 Å². The molecule has 0 rings (SSSR count). The Bertz CT molecular complexity index is 1130. The van der Waals surface area contributed by atoms with Crippen LogP contribution in [0, 0.1) is 0 Å². The van der Waals surface area contributed by atoms with E-state index in [4.69, 9.17) is 4.74 Å². The van der Waals surface area contributed by atoms with Gasteiger partial charge in [-0.3, -0.25) is 9.59 Å². The molecule has 0 aromatic heterocycles. The minimum absolute atomic E-state index is 0.0264. The summed E-state index contributed by atoms with van der Waals surface area (Å²) in [7, 11) is 0. The number of aliphatic hydroxyl groups is 2. The zero-order valence-electron chi connectivity index (χ0n) is 44.6. The maximum Gasteiger partial charge on any atom is 0.305 e. The van der Waals surface area contributed by atoms with Crippen LogP contribution in [0.4, 0.5) is 0 Å². The van der Waals surface area contributed by atoms with Gasteiger partial charge < -0.3 is 20.3 Å². The summed E-state index contributed by atoms with van der Waals surface area (Å²) < 4.78 is 5.45. The topological polar surface area (TPSA) is 95.9 Å². The third-order valence-corrected chi connectivity index (χ3v) is 13.3. The lowest BCUT2D eigenvalue weighted by Crippen LogP contribution is -2.45. The number of carbonyl (C=O) groups excluding carboxylic acids is 2. The zero-order chi connectivity index (χ0) is 48.6. The lowest BCUT2D eigenvalue weighted by molar-refractivity contribution is -0.143. The Labute approximate surface area is 416 Å². The fourth-order valence-corrected chi connectivity index (χ4v) is 8.80. The van der Waals surface area contributed by atoms with Crippen molar-refractivity contribution in [2.75, 3.05) is 13.2 Å². The number of hydrogen-bond acceptors (Lipinski definition) is 5. The highest BCUT2D eigenvalue weighted by molar-refractivity contribution is 5.76. The Morgan fingerprint density at radius 3 is 1.15 bits per heavy atom. The fourth-order valence-electron chi connectivity index (χ4n) is 8.80. The number of ether oxygens (including phenoxy) is 1. The average Bonchev–Trinajstić information content (AvgIpc) is 3.33. The number of aliphatic hydroxyl groups excluding tert-OH is 2. The molecular formula is C61H113NO5. The van der Waals surface area contributed by atoms with E-state index in [1.54, 1.807) is 6.08 Å². The van der Waals surface area contributed by atoms with Crippen LogP contribution >= 0.6 is 0 Å². The van der Waals surface area contributed by atoms with E-state index >= 15 is 0 Å². The normalized spacial score (nSPS) is 13.0. The Morgan fingerprint density at radius 2 is 0.746 bits per heavy atom. The minimum atomic E-state index is -0.860. The van der Waals surface area contributed by atoms with Gasteiger partial charge in [0.05, 0.1) is 25.4 Å². The number of rotatable bonds is 54. The van der Waals surface area contributed by atoms with Gasteiger partial charge in [-0.25, -0.2) is 0 Å². The fraction of sp³-hybridized carbons (Fsp3) is 0.836. The molecule has 0 saturated heterocycles. The first-order chi connectivity index (χ1) is 33.0. The van der Waals surface area contributed by atoms with Crippen molar-refractivity contribution in [1.82, 2.24) is 5.32 Å². The van der Waals surface area contributed by atoms with Gasteiger partial charge in [-0.1, -0.05) is 249 Å². The molecule has 1 amide bonds.